The number of thiazole rings is 1. The zero-order valence-corrected chi connectivity index (χ0v) is 10.8. The van der Waals surface area contributed by atoms with E-state index in [0.717, 1.165) is 18.1 Å². The number of aromatic nitrogens is 1. The van der Waals surface area contributed by atoms with E-state index < -0.39 is 5.97 Å². The topological polar surface area (TPSA) is 62.7 Å². The molecule has 1 aromatic rings. The Balaban J connectivity index is 2.26. The lowest BCUT2D eigenvalue weighted by Gasteiger charge is -2.34. The van der Waals surface area contributed by atoms with Crippen molar-refractivity contribution < 1.29 is 14.6 Å². The van der Waals surface area contributed by atoms with E-state index in [-0.39, 0.29) is 0 Å². The fourth-order valence-electron chi connectivity index (χ4n) is 1.95. The summed E-state index contributed by atoms with van der Waals surface area (Å²) in [6.45, 7) is 6.00. The van der Waals surface area contributed by atoms with Gasteiger partial charge < -0.3 is 14.7 Å². The first kappa shape index (κ1) is 12.3. The molecule has 0 radical (unpaired) electrons. The summed E-state index contributed by atoms with van der Waals surface area (Å²) in [5.41, 5.74) is 0.596. The molecule has 1 saturated heterocycles. The van der Waals surface area contributed by atoms with Gasteiger partial charge in [0.2, 0.25) is 0 Å². The summed E-state index contributed by atoms with van der Waals surface area (Å²) in [7, 11) is 0. The molecule has 17 heavy (non-hydrogen) atoms. The van der Waals surface area contributed by atoms with Crippen molar-refractivity contribution in [3.8, 4) is 0 Å². The molecule has 1 aliphatic heterocycles. The number of carboxylic acid groups (broad SMARTS) is 1. The van der Waals surface area contributed by atoms with Gasteiger partial charge in [-0.25, -0.2) is 9.78 Å². The Labute approximate surface area is 104 Å². The predicted octanol–water partition coefficient (Wildman–Crippen LogP) is 1.76. The lowest BCUT2D eigenvalue weighted by molar-refractivity contribution is 0.0701. The minimum Gasteiger partial charge on any atom is -0.477 e. The van der Waals surface area contributed by atoms with Crippen molar-refractivity contribution in [2.24, 2.45) is 0 Å². The first-order valence-electron chi connectivity index (χ1n) is 5.68. The van der Waals surface area contributed by atoms with Crippen LogP contribution in [0.3, 0.4) is 0 Å². The fraction of sp³-hybridized carbons (Fsp3) is 0.636. The molecule has 0 aliphatic carbocycles. The zero-order valence-electron chi connectivity index (χ0n) is 9.97. The van der Waals surface area contributed by atoms with Crippen LogP contribution in [0.2, 0.25) is 0 Å². The van der Waals surface area contributed by atoms with Gasteiger partial charge in [-0.05, 0) is 13.3 Å². The van der Waals surface area contributed by atoms with Crippen LogP contribution in [0.25, 0.3) is 0 Å². The summed E-state index contributed by atoms with van der Waals surface area (Å²) in [6.07, 6.45) is 0.973. The molecule has 1 aliphatic rings. The molecule has 0 bridgehead atoms. The van der Waals surface area contributed by atoms with Crippen LogP contribution in [0, 0.1) is 6.92 Å². The number of anilines is 1. The lowest BCUT2D eigenvalue weighted by Crippen LogP contribution is -2.45. The third-order valence-electron chi connectivity index (χ3n) is 2.92. The highest BCUT2D eigenvalue weighted by atomic mass is 32.1. The van der Waals surface area contributed by atoms with Crippen LogP contribution in [-0.4, -0.2) is 41.9 Å². The summed E-state index contributed by atoms with van der Waals surface area (Å²) >= 11 is 1.25. The van der Waals surface area contributed by atoms with E-state index in [0.29, 0.717) is 29.8 Å². The molecule has 94 valence electrons. The second kappa shape index (κ2) is 5.01. The average molecular weight is 256 g/mol. The molecule has 2 rings (SSSR count). The molecule has 0 spiro atoms. The third kappa shape index (κ3) is 2.42. The van der Waals surface area contributed by atoms with Crippen LogP contribution in [0.4, 0.5) is 5.13 Å². The molecule has 0 amide bonds. The van der Waals surface area contributed by atoms with Gasteiger partial charge in [0.15, 0.2) is 5.13 Å². The minimum atomic E-state index is -0.896. The van der Waals surface area contributed by atoms with Gasteiger partial charge in [-0.1, -0.05) is 18.3 Å². The van der Waals surface area contributed by atoms with E-state index in [1.807, 2.05) is 0 Å². The summed E-state index contributed by atoms with van der Waals surface area (Å²) in [5.74, 6) is -0.896. The Hall–Kier alpha value is -1.14. The van der Waals surface area contributed by atoms with E-state index in [2.05, 4.69) is 16.8 Å². The Kier molecular flexibility index (Phi) is 3.63. The number of nitrogens with zero attached hydrogens (tertiary/aromatic N) is 2. The van der Waals surface area contributed by atoms with Gasteiger partial charge in [0.25, 0.3) is 0 Å². The zero-order chi connectivity index (χ0) is 12.4. The molecule has 1 unspecified atom stereocenters. The molecule has 1 N–H and O–H groups in total. The summed E-state index contributed by atoms with van der Waals surface area (Å²) in [6, 6.07) is 0.302. The molecule has 5 nitrogen and oxygen atoms in total. The number of hydrogen-bond donors (Lipinski definition) is 1. The number of carboxylic acids is 1. The summed E-state index contributed by atoms with van der Waals surface area (Å²) in [5, 5.41) is 9.83. The van der Waals surface area contributed by atoms with Crippen molar-refractivity contribution in [2.75, 3.05) is 24.7 Å². The maximum Gasteiger partial charge on any atom is 0.347 e. The number of hydrogen-bond acceptors (Lipinski definition) is 5. The van der Waals surface area contributed by atoms with Crippen molar-refractivity contribution in [3.63, 3.8) is 0 Å². The van der Waals surface area contributed by atoms with E-state index in [4.69, 9.17) is 9.84 Å². The van der Waals surface area contributed by atoms with Crippen LogP contribution in [0.15, 0.2) is 0 Å². The van der Waals surface area contributed by atoms with Gasteiger partial charge in [0, 0.05) is 6.54 Å². The van der Waals surface area contributed by atoms with Crippen molar-refractivity contribution >= 4 is 22.4 Å². The Morgan fingerprint density at radius 1 is 1.71 bits per heavy atom. The van der Waals surface area contributed by atoms with Crippen LogP contribution < -0.4 is 4.90 Å². The quantitative estimate of drug-likeness (QED) is 0.893. The van der Waals surface area contributed by atoms with Crippen LogP contribution in [0.5, 0.6) is 0 Å². The first-order chi connectivity index (χ1) is 8.13. The van der Waals surface area contributed by atoms with Crippen LogP contribution in [0.1, 0.15) is 28.7 Å². The fourth-order valence-corrected chi connectivity index (χ4v) is 2.95. The van der Waals surface area contributed by atoms with E-state index in [9.17, 15) is 4.79 Å². The Morgan fingerprint density at radius 2 is 2.47 bits per heavy atom. The highest BCUT2D eigenvalue weighted by Crippen LogP contribution is 2.29. The van der Waals surface area contributed by atoms with Crippen molar-refractivity contribution in [2.45, 2.75) is 26.3 Å². The van der Waals surface area contributed by atoms with Gasteiger partial charge in [0.05, 0.1) is 24.9 Å². The smallest absolute Gasteiger partial charge is 0.347 e. The number of morpholine rings is 1. The largest absolute Gasteiger partial charge is 0.477 e. The number of rotatable bonds is 3. The van der Waals surface area contributed by atoms with Gasteiger partial charge in [-0.3, -0.25) is 0 Å². The maximum atomic E-state index is 11.0. The van der Waals surface area contributed by atoms with Crippen molar-refractivity contribution in [1.29, 1.82) is 0 Å². The van der Waals surface area contributed by atoms with Crippen molar-refractivity contribution in [1.82, 2.24) is 4.98 Å². The number of aromatic carboxylic acids is 1. The first-order valence-corrected chi connectivity index (χ1v) is 6.50. The Morgan fingerprint density at radius 3 is 3.06 bits per heavy atom. The maximum absolute atomic E-state index is 11.0. The minimum absolute atomic E-state index is 0.302. The van der Waals surface area contributed by atoms with Gasteiger partial charge in [-0.15, -0.1) is 0 Å². The second-order valence-electron chi connectivity index (χ2n) is 4.05. The molecule has 0 saturated carbocycles. The molecule has 1 atom stereocenters. The SMILES string of the molecule is CCC1COCCN1c1nc(C)c(C(=O)O)s1. The number of carbonyl (C=O) groups is 1. The molecule has 1 aromatic heterocycles. The van der Waals surface area contributed by atoms with E-state index >= 15 is 0 Å². The standard InChI is InChI=1S/C11H16N2O3S/c1-3-8-6-16-5-4-13(8)11-12-7(2)9(17-11)10(14)15/h8H,3-6H2,1-2H3,(H,14,15). The van der Waals surface area contributed by atoms with Gasteiger partial charge in [0.1, 0.15) is 4.88 Å². The third-order valence-corrected chi connectivity index (χ3v) is 4.11. The normalized spacial score (nSPS) is 20.6. The second-order valence-corrected chi connectivity index (χ2v) is 5.02. The van der Waals surface area contributed by atoms with Crippen molar-refractivity contribution in [3.05, 3.63) is 10.6 Å². The number of aryl methyl sites for hydroxylation is 1. The summed E-state index contributed by atoms with van der Waals surface area (Å²) in [4.78, 5) is 17.9. The lowest BCUT2D eigenvalue weighted by atomic mass is 10.2. The van der Waals surface area contributed by atoms with E-state index in [1.54, 1.807) is 6.92 Å². The molecule has 1 fully saturated rings. The van der Waals surface area contributed by atoms with Gasteiger partial charge >= 0.3 is 5.97 Å². The molecule has 6 heteroatoms. The Bertz CT molecular complexity index is 419. The summed E-state index contributed by atoms with van der Waals surface area (Å²) < 4.78 is 5.43. The van der Waals surface area contributed by atoms with Crippen LogP contribution in [-0.2, 0) is 4.74 Å². The monoisotopic (exact) mass is 256 g/mol. The molecular weight excluding hydrogens is 240 g/mol. The highest BCUT2D eigenvalue weighted by Gasteiger charge is 2.26. The average Bonchev–Trinajstić information content (AvgIpc) is 2.71. The predicted molar refractivity (Wildman–Crippen MR) is 66.1 cm³/mol. The molecular formula is C11H16N2O3S. The molecule has 0 aromatic carbocycles. The number of ether oxygens (including phenoxy) is 1. The van der Waals surface area contributed by atoms with E-state index in [1.165, 1.54) is 11.3 Å². The van der Waals surface area contributed by atoms with Crippen LogP contribution >= 0.6 is 11.3 Å². The highest BCUT2D eigenvalue weighted by molar-refractivity contribution is 7.17. The van der Waals surface area contributed by atoms with Gasteiger partial charge in [-0.2, -0.15) is 0 Å². The molecule has 2 heterocycles.